The molecule has 5 heteroatoms. The SMILES string of the molecule is Cc1ccc(C)c(-c2cc(C(=N)N)c(=O)n(CC(C)C)n2)c1. The van der Waals surface area contributed by atoms with Crippen molar-refractivity contribution in [3.8, 4) is 11.3 Å². The van der Waals surface area contributed by atoms with E-state index in [2.05, 4.69) is 5.10 Å². The molecule has 0 fully saturated rings. The van der Waals surface area contributed by atoms with Crippen LogP contribution in [-0.2, 0) is 6.54 Å². The minimum atomic E-state index is -0.310. The molecule has 1 heterocycles. The zero-order valence-electron chi connectivity index (χ0n) is 13.5. The standard InChI is InChI=1S/C17H22N4O/c1-10(2)9-21-17(22)14(16(18)19)8-15(20-21)13-7-11(3)5-6-12(13)4/h5-8,10H,9H2,1-4H3,(H3,18,19). The lowest BCUT2D eigenvalue weighted by molar-refractivity contribution is 0.464. The van der Waals surface area contributed by atoms with E-state index in [1.165, 1.54) is 4.68 Å². The van der Waals surface area contributed by atoms with Crippen LogP contribution in [-0.4, -0.2) is 15.6 Å². The Morgan fingerprint density at radius 2 is 2.00 bits per heavy atom. The van der Waals surface area contributed by atoms with Gasteiger partial charge in [-0.1, -0.05) is 31.5 Å². The van der Waals surface area contributed by atoms with E-state index in [9.17, 15) is 4.79 Å². The Bertz CT molecular complexity index is 775. The van der Waals surface area contributed by atoms with Gasteiger partial charge in [-0.25, -0.2) is 4.68 Å². The van der Waals surface area contributed by atoms with Gasteiger partial charge in [0.25, 0.3) is 5.56 Å². The number of hydrogen-bond donors (Lipinski definition) is 2. The Kier molecular flexibility index (Phi) is 4.45. The maximum absolute atomic E-state index is 12.4. The summed E-state index contributed by atoms with van der Waals surface area (Å²) in [6.45, 7) is 8.55. The third kappa shape index (κ3) is 3.24. The Morgan fingerprint density at radius 1 is 1.32 bits per heavy atom. The van der Waals surface area contributed by atoms with Crippen molar-refractivity contribution in [1.29, 1.82) is 5.41 Å². The van der Waals surface area contributed by atoms with E-state index in [1.807, 2.05) is 45.9 Å². The van der Waals surface area contributed by atoms with Crippen LogP contribution >= 0.6 is 0 Å². The molecular weight excluding hydrogens is 276 g/mol. The van der Waals surface area contributed by atoms with Crippen LogP contribution in [0.4, 0.5) is 0 Å². The van der Waals surface area contributed by atoms with Crippen molar-refractivity contribution in [2.45, 2.75) is 34.2 Å². The van der Waals surface area contributed by atoms with Gasteiger partial charge in [-0.3, -0.25) is 10.2 Å². The number of amidine groups is 1. The molecular formula is C17H22N4O. The van der Waals surface area contributed by atoms with E-state index in [4.69, 9.17) is 11.1 Å². The van der Waals surface area contributed by atoms with Gasteiger partial charge in [0, 0.05) is 12.1 Å². The maximum Gasteiger partial charge on any atom is 0.277 e. The van der Waals surface area contributed by atoms with Crippen LogP contribution < -0.4 is 11.3 Å². The fourth-order valence-corrected chi connectivity index (χ4v) is 2.35. The van der Waals surface area contributed by atoms with Gasteiger partial charge in [-0.05, 0) is 37.5 Å². The van der Waals surface area contributed by atoms with Crippen LogP contribution in [0.3, 0.4) is 0 Å². The number of benzene rings is 1. The lowest BCUT2D eigenvalue weighted by atomic mass is 10.0. The Balaban J connectivity index is 2.71. The lowest BCUT2D eigenvalue weighted by Crippen LogP contribution is -2.32. The Labute approximate surface area is 130 Å². The predicted octanol–water partition coefficient (Wildman–Crippen LogP) is 2.47. The highest BCUT2D eigenvalue weighted by atomic mass is 16.1. The number of nitrogens with one attached hydrogen (secondary N) is 1. The van der Waals surface area contributed by atoms with Crippen LogP contribution in [0.15, 0.2) is 29.1 Å². The summed E-state index contributed by atoms with van der Waals surface area (Å²) in [5.74, 6) is 0.0512. The van der Waals surface area contributed by atoms with Gasteiger partial charge in [0.2, 0.25) is 0 Å². The molecule has 2 rings (SSSR count). The van der Waals surface area contributed by atoms with Crippen LogP contribution in [0.5, 0.6) is 0 Å². The van der Waals surface area contributed by atoms with Gasteiger partial charge >= 0.3 is 0 Å². The average molecular weight is 298 g/mol. The van der Waals surface area contributed by atoms with Gasteiger partial charge < -0.3 is 5.73 Å². The van der Waals surface area contributed by atoms with E-state index in [0.29, 0.717) is 12.2 Å². The summed E-state index contributed by atoms with van der Waals surface area (Å²) >= 11 is 0. The minimum absolute atomic E-state index is 0.201. The first-order valence-corrected chi connectivity index (χ1v) is 7.33. The largest absolute Gasteiger partial charge is 0.384 e. The van der Waals surface area contributed by atoms with E-state index in [0.717, 1.165) is 16.7 Å². The fraction of sp³-hybridized carbons (Fsp3) is 0.353. The van der Waals surface area contributed by atoms with Crippen LogP contribution in [0.1, 0.15) is 30.5 Å². The number of nitrogens with zero attached hydrogens (tertiary/aromatic N) is 2. The number of nitrogen functional groups attached to an aromatic ring is 1. The van der Waals surface area contributed by atoms with Crippen molar-refractivity contribution in [2.24, 2.45) is 11.7 Å². The highest BCUT2D eigenvalue weighted by Gasteiger charge is 2.14. The van der Waals surface area contributed by atoms with Crippen molar-refractivity contribution < 1.29 is 0 Å². The Morgan fingerprint density at radius 3 is 2.59 bits per heavy atom. The number of nitrogens with two attached hydrogens (primary N) is 1. The third-order valence-electron chi connectivity index (χ3n) is 3.47. The molecule has 0 amide bonds. The molecule has 0 radical (unpaired) electrons. The summed E-state index contributed by atoms with van der Waals surface area (Å²) in [6.07, 6.45) is 0. The molecule has 0 saturated heterocycles. The zero-order chi connectivity index (χ0) is 16.4. The van der Waals surface area contributed by atoms with Crippen LogP contribution in [0, 0.1) is 25.2 Å². The Hall–Kier alpha value is -2.43. The summed E-state index contributed by atoms with van der Waals surface area (Å²) in [4.78, 5) is 12.4. The van der Waals surface area contributed by atoms with Crippen molar-refractivity contribution >= 4 is 5.84 Å². The van der Waals surface area contributed by atoms with Crippen molar-refractivity contribution in [3.63, 3.8) is 0 Å². The fourth-order valence-electron chi connectivity index (χ4n) is 2.35. The minimum Gasteiger partial charge on any atom is -0.384 e. The summed E-state index contributed by atoms with van der Waals surface area (Å²) < 4.78 is 1.42. The molecule has 0 bridgehead atoms. The first-order valence-electron chi connectivity index (χ1n) is 7.33. The second kappa shape index (κ2) is 6.13. The van der Waals surface area contributed by atoms with E-state index in [-0.39, 0.29) is 22.9 Å². The quantitative estimate of drug-likeness (QED) is 0.671. The molecule has 1 aromatic carbocycles. The third-order valence-corrected chi connectivity index (χ3v) is 3.47. The highest BCUT2D eigenvalue weighted by Crippen LogP contribution is 2.22. The molecule has 2 aromatic rings. The van der Waals surface area contributed by atoms with Gasteiger partial charge in [-0.2, -0.15) is 5.10 Å². The molecule has 0 atom stereocenters. The molecule has 0 aliphatic rings. The number of rotatable bonds is 4. The topological polar surface area (TPSA) is 84.8 Å². The molecule has 0 unspecified atom stereocenters. The number of aromatic nitrogens is 2. The lowest BCUT2D eigenvalue weighted by Gasteiger charge is -2.13. The van der Waals surface area contributed by atoms with Gasteiger partial charge in [0.15, 0.2) is 0 Å². The number of hydrogen-bond acceptors (Lipinski definition) is 3. The normalized spacial score (nSPS) is 11.0. The summed E-state index contributed by atoms with van der Waals surface area (Å²) in [5.41, 5.74) is 9.28. The highest BCUT2D eigenvalue weighted by molar-refractivity contribution is 5.95. The summed E-state index contributed by atoms with van der Waals surface area (Å²) in [5, 5.41) is 12.1. The van der Waals surface area contributed by atoms with Crippen LogP contribution in [0.2, 0.25) is 0 Å². The van der Waals surface area contributed by atoms with Crippen molar-refractivity contribution in [2.75, 3.05) is 0 Å². The zero-order valence-corrected chi connectivity index (χ0v) is 13.5. The summed E-state index contributed by atoms with van der Waals surface area (Å²) in [6, 6.07) is 7.71. The maximum atomic E-state index is 12.4. The van der Waals surface area contributed by atoms with E-state index >= 15 is 0 Å². The molecule has 0 aliphatic heterocycles. The first kappa shape index (κ1) is 15.9. The average Bonchev–Trinajstić information content (AvgIpc) is 2.43. The first-order chi connectivity index (χ1) is 10.3. The second-order valence-electron chi connectivity index (χ2n) is 6.06. The van der Waals surface area contributed by atoms with E-state index in [1.54, 1.807) is 6.07 Å². The van der Waals surface area contributed by atoms with Crippen molar-refractivity contribution in [1.82, 2.24) is 9.78 Å². The molecule has 22 heavy (non-hydrogen) atoms. The molecule has 0 saturated carbocycles. The van der Waals surface area contributed by atoms with E-state index < -0.39 is 0 Å². The monoisotopic (exact) mass is 298 g/mol. The van der Waals surface area contributed by atoms with Crippen molar-refractivity contribution in [3.05, 3.63) is 51.3 Å². The van der Waals surface area contributed by atoms with Gasteiger partial charge in [0.05, 0.1) is 11.3 Å². The summed E-state index contributed by atoms with van der Waals surface area (Å²) in [7, 11) is 0. The molecule has 116 valence electrons. The molecule has 3 N–H and O–H groups in total. The predicted molar refractivity (Wildman–Crippen MR) is 89.3 cm³/mol. The second-order valence-corrected chi connectivity index (χ2v) is 6.06. The molecule has 5 nitrogen and oxygen atoms in total. The molecule has 1 aromatic heterocycles. The molecule has 0 aliphatic carbocycles. The molecule has 0 spiro atoms. The van der Waals surface area contributed by atoms with Gasteiger partial charge in [-0.15, -0.1) is 0 Å². The smallest absolute Gasteiger partial charge is 0.277 e. The van der Waals surface area contributed by atoms with Gasteiger partial charge in [0.1, 0.15) is 5.84 Å². The van der Waals surface area contributed by atoms with Crippen LogP contribution in [0.25, 0.3) is 11.3 Å². The number of aryl methyl sites for hydroxylation is 2.